The molecule has 0 aliphatic carbocycles. The molecule has 5 nitrogen and oxygen atoms in total. The van der Waals surface area contributed by atoms with Crippen LogP contribution in [0.2, 0.25) is 0 Å². The number of piperazine rings is 1. The van der Waals surface area contributed by atoms with Crippen molar-refractivity contribution < 1.29 is 0 Å². The lowest BCUT2D eigenvalue weighted by atomic mass is 10.1. The van der Waals surface area contributed by atoms with E-state index in [0.717, 1.165) is 54.0 Å². The lowest BCUT2D eigenvalue weighted by Gasteiger charge is -2.29. The molecular weight excluding hydrogens is 382 g/mol. The number of imidazole rings is 1. The number of para-hydroxylation sites is 1. The molecule has 0 bridgehead atoms. The van der Waals surface area contributed by atoms with Gasteiger partial charge in [0.25, 0.3) is 0 Å². The minimum Gasteiger partial charge on any atom is -0.369 e. The number of pyridine rings is 2. The number of hydrogen-bond donors (Lipinski definition) is 1. The molecule has 6 rings (SSSR count). The molecule has 4 heterocycles. The molecule has 152 valence electrons. The first-order chi connectivity index (χ1) is 15.4. The van der Waals surface area contributed by atoms with Crippen LogP contribution in [0.5, 0.6) is 0 Å². The summed E-state index contributed by atoms with van der Waals surface area (Å²) in [7, 11) is 0. The van der Waals surface area contributed by atoms with Gasteiger partial charge in [-0.1, -0.05) is 30.3 Å². The summed E-state index contributed by atoms with van der Waals surface area (Å²) < 4.78 is 2.15. The number of nitrogens with one attached hydrogen (secondary N) is 1. The average molecular weight is 406 g/mol. The van der Waals surface area contributed by atoms with E-state index in [1.54, 1.807) is 0 Å². The zero-order chi connectivity index (χ0) is 20.6. The van der Waals surface area contributed by atoms with Gasteiger partial charge in [0.15, 0.2) is 0 Å². The second-order valence-electron chi connectivity index (χ2n) is 7.95. The summed E-state index contributed by atoms with van der Waals surface area (Å²) in [6.07, 6.45) is 5.94. The molecule has 2 aromatic carbocycles. The maximum Gasteiger partial charge on any atom is 0.137 e. The third-order valence-corrected chi connectivity index (χ3v) is 6.12. The third kappa shape index (κ3) is 3.23. The van der Waals surface area contributed by atoms with Gasteiger partial charge in [0.2, 0.25) is 0 Å². The van der Waals surface area contributed by atoms with E-state index in [4.69, 9.17) is 4.98 Å². The maximum atomic E-state index is 4.71. The van der Waals surface area contributed by atoms with Gasteiger partial charge < -0.3 is 10.2 Å². The molecule has 0 unspecified atom stereocenters. The first kappa shape index (κ1) is 18.1. The minimum atomic E-state index is 0.944. The molecule has 0 spiro atoms. The molecule has 0 atom stereocenters. The van der Waals surface area contributed by atoms with Crippen molar-refractivity contribution in [2.24, 2.45) is 0 Å². The van der Waals surface area contributed by atoms with E-state index in [1.165, 1.54) is 16.8 Å². The van der Waals surface area contributed by atoms with Crippen LogP contribution in [-0.2, 0) is 0 Å². The zero-order valence-corrected chi connectivity index (χ0v) is 17.2. The number of nitrogens with zero attached hydrogens (tertiary/aromatic N) is 4. The second kappa shape index (κ2) is 7.52. The Morgan fingerprint density at radius 1 is 0.806 bits per heavy atom. The van der Waals surface area contributed by atoms with E-state index in [9.17, 15) is 0 Å². The van der Waals surface area contributed by atoms with E-state index in [0.29, 0.717) is 0 Å². The number of fused-ring (bicyclic) bond motifs is 2. The SMILES string of the molecule is c1ccc2c(-c3cnc4cc(-c5ccc(N6CCNCC6)cc5)ccn34)ccnc2c1. The number of aromatic nitrogens is 3. The topological polar surface area (TPSA) is 45.5 Å². The first-order valence-corrected chi connectivity index (χ1v) is 10.7. The zero-order valence-electron chi connectivity index (χ0n) is 17.2. The molecule has 1 N–H and O–H groups in total. The van der Waals surface area contributed by atoms with E-state index < -0.39 is 0 Å². The second-order valence-corrected chi connectivity index (χ2v) is 7.95. The fourth-order valence-corrected chi connectivity index (χ4v) is 4.47. The summed E-state index contributed by atoms with van der Waals surface area (Å²) in [5.41, 5.74) is 7.84. The van der Waals surface area contributed by atoms with Crippen molar-refractivity contribution in [3.8, 4) is 22.4 Å². The van der Waals surface area contributed by atoms with Crippen molar-refractivity contribution in [3.63, 3.8) is 0 Å². The van der Waals surface area contributed by atoms with Gasteiger partial charge in [-0.25, -0.2) is 4.98 Å². The van der Waals surface area contributed by atoms with Crippen LogP contribution in [-0.4, -0.2) is 40.5 Å². The molecule has 1 aliphatic rings. The smallest absolute Gasteiger partial charge is 0.137 e. The molecular formula is C26H23N5. The summed E-state index contributed by atoms with van der Waals surface area (Å²) in [5.74, 6) is 0. The van der Waals surface area contributed by atoms with Gasteiger partial charge in [-0.3, -0.25) is 9.38 Å². The molecule has 1 aliphatic heterocycles. The van der Waals surface area contributed by atoms with Crippen molar-refractivity contribution in [1.29, 1.82) is 0 Å². The van der Waals surface area contributed by atoms with Crippen molar-refractivity contribution in [2.45, 2.75) is 0 Å². The summed E-state index contributed by atoms with van der Waals surface area (Å²) in [4.78, 5) is 11.6. The monoisotopic (exact) mass is 405 g/mol. The molecule has 0 saturated carbocycles. The van der Waals surface area contributed by atoms with Gasteiger partial charge in [-0.15, -0.1) is 0 Å². The number of benzene rings is 2. The minimum absolute atomic E-state index is 0.944. The number of rotatable bonds is 3. The Balaban J connectivity index is 1.36. The molecule has 1 fully saturated rings. The van der Waals surface area contributed by atoms with Crippen molar-refractivity contribution in [2.75, 3.05) is 31.1 Å². The molecule has 3 aromatic heterocycles. The van der Waals surface area contributed by atoms with Crippen LogP contribution in [0.1, 0.15) is 0 Å². The van der Waals surface area contributed by atoms with Crippen LogP contribution in [0, 0.1) is 0 Å². The van der Waals surface area contributed by atoms with Crippen LogP contribution < -0.4 is 10.2 Å². The lowest BCUT2D eigenvalue weighted by Crippen LogP contribution is -2.43. The summed E-state index contributed by atoms with van der Waals surface area (Å²) in [6, 6.07) is 23.5. The van der Waals surface area contributed by atoms with Crippen LogP contribution >= 0.6 is 0 Å². The van der Waals surface area contributed by atoms with Crippen molar-refractivity contribution in [1.82, 2.24) is 19.7 Å². The van der Waals surface area contributed by atoms with Crippen LogP contribution in [0.15, 0.2) is 85.3 Å². The van der Waals surface area contributed by atoms with Crippen LogP contribution in [0.4, 0.5) is 5.69 Å². The fraction of sp³-hybridized carbons (Fsp3) is 0.154. The van der Waals surface area contributed by atoms with Gasteiger partial charge in [-0.2, -0.15) is 0 Å². The van der Waals surface area contributed by atoms with Gasteiger partial charge >= 0.3 is 0 Å². The Labute approximate surface area is 181 Å². The highest BCUT2D eigenvalue weighted by Crippen LogP contribution is 2.30. The predicted octanol–water partition coefficient (Wildman–Crippen LogP) is 4.63. The Hall–Kier alpha value is -3.70. The van der Waals surface area contributed by atoms with Crippen molar-refractivity contribution in [3.05, 3.63) is 85.3 Å². The molecule has 5 heteroatoms. The van der Waals surface area contributed by atoms with E-state index >= 15 is 0 Å². The van der Waals surface area contributed by atoms with E-state index in [1.807, 2.05) is 24.5 Å². The summed E-state index contributed by atoms with van der Waals surface area (Å²) >= 11 is 0. The average Bonchev–Trinajstić information content (AvgIpc) is 3.27. The van der Waals surface area contributed by atoms with Crippen LogP contribution in [0.25, 0.3) is 38.9 Å². The highest BCUT2D eigenvalue weighted by Gasteiger charge is 2.12. The molecule has 0 amide bonds. The van der Waals surface area contributed by atoms with Crippen molar-refractivity contribution >= 4 is 22.2 Å². The van der Waals surface area contributed by atoms with Crippen LogP contribution in [0.3, 0.4) is 0 Å². The maximum absolute atomic E-state index is 4.71. The third-order valence-electron chi connectivity index (χ3n) is 6.12. The van der Waals surface area contributed by atoms with Gasteiger partial charge in [0.1, 0.15) is 5.65 Å². The van der Waals surface area contributed by atoms with Gasteiger partial charge in [0, 0.05) is 55.2 Å². The Morgan fingerprint density at radius 2 is 1.65 bits per heavy atom. The summed E-state index contributed by atoms with van der Waals surface area (Å²) in [5, 5.41) is 4.55. The fourth-order valence-electron chi connectivity index (χ4n) is 4.47. The molecule has 0 radical (unpaired) electrons. The molecule has 1 saturated heterocycles. The highest BCUT2D eigenvalue weighted by atomic mass is 15.2. The lowest BCUT2D eigenvalue weighted by molar-refractivity contribution is 0.589. The largest absolute Gasteiger partial charge is 0.369 e. The molecule has 5 aromatic rings. The predicted molar refractivity (Wildman–Crippen MR) is 126 cm³/mol. The van der Waals surface area contributed by atoms with E-state index in [2.05, 4.69) is 80.4 Å². The highest BCUT2D eigenvalue weighted by molar-refractivity contribution is 5.93. The van der Waals surface area contributed by atoms with Gasteiger partial charge in [-0.05, 0) is 47.5 Å². The number of anilines is 1. The molecule has 31 heavy (non-hydrogen) atoms. The Kier molecular flexibility index (Phi) is 4.39. The van der Waals surface area contributed by atoms with E-state index in [-0.39, 0.29) is 0 Å². The quantitative estimate of drug-likeness (QED) is 0.476. The standard InChI is InChI=1S/C26H23N5/c1-2-4-24-22(3-1)23(9-11-28-24)25-18-29-26-17-20(10-14-31(25)26)19-5-7-21(8-6-19)30-15-12-27-13-16-30/h1-11,14,17-18,27H,12-13,15-16H2. The Morgan fingerprint density at radius 3 is 2.52 bits per heavy atom. The number of hydrogen-bond acceptors (Lipinski definition) is 4. The first-order valence-electron chi connectivity index (χ1n) is 10.7. The summed E-state index contributed by atoms with van der Waals surface area (Å²) in [6.45, 7) is 4.22. The van der Waals surface area contributed by atoms with Gasteiger partial charge in [0.05, 0.1) is 17.4 Å². The normalized spacial score (nSPS) is 14.4. The Bertz CT molecular complexity index is 1360.